The Kier molecular flexibility index (Phi) is 2.69. The molecule has 0 aliphatic carbocycles. The Labute approximate surface area is 78.1 Å². The van der Waals surface area contributed by atoms with Gasteiger partial charge in [0.2, 0.25) is 0 Å². The number of pyridine rings is 1. The van der Waals surface area contributed by atoms with Gasteiger partial charge in [-0.05, 0) is 6.07 Å². The van der Waals surface area contributed by atoms with E-state index in [0.717, 1.165) is 0 Å². The molecular formula is C7H7ClN2O3. The van der Waals surface area contributed by atoms with Crippen molar-refractivity contribution >= 4 is 17.6 Å². The molecule has 1 heterocycles. The quantitative estimate of drug-likeness (QED) is 0.634. The molecule has 0 fully saturated rings. The van der Waals surface area contributed by atoms with E-state index < -0.39 is 17.6 Å². The van der Waals surface area contributed by atoms with Gasteiger partial charge >= 0.3 is 5.97 Å². The summed E-state index contributed by atoms with van der Waals surface area (Å²) in [6.45, 7) is 0. The van der Waals surface area contributed by atoms with Crippen LogP contribution in [0.25, 0.3) is 0 Å². The number of halogens is 1. The van der Waals surface area contributed by atoms with Gasteiger partial charge in [-0.25, -0.2) is 0 Å². The van der Waals surface area contributed by atoms with E-state index in [1.165, 1.54) is 12.3 Å². The van der Waals surface area contributed by atoms with Crippen molar-refractivity contribution in [1.82, 2.24) is 4.98 Å². The summed E-state index contributed by atoms with van der Waals surface area (Å²) in [5.74, 6) is -1.27. The largest absolute Gasteiger partial charge is 0.480 e. The van der Waals surface area contributed by atoms with E-state index in [9.17, 15) is 9.59 Å². The fourth-order valence-electron chi connectivity index (χ4n) is 0.838. The number of aromatic nitrogens is 1. The molecule has 70 valence electrons. The number of carbonyl (C=O) groups is 1. The maximum atomic E-state index is 11.1. The Balaban J connectivity index is 3.21. The molecule has 1 aromatic rings. The molecule has 0 unspecified atom stereocenters. The summed E-state index contributed by atoms with van der Waals surface area (Å²) in [5, 5.41) is 8.77. The zero-order valence-corrected chi connectivity index (χ0v) is 7.21. The lowest BCUT2D eigenvalue weighted by Crippen LogP contribution is -2.27. The van der Waals surface area contributed by atoms with Gasteiger partial charge in [-0.3, -0.25) is 9.59 Å². The summed E-state index contributed by atoms with van der Waals surface area (Å²) in [6.07, 6.45) is 1.27. The first-order valence-electron chi connectivity index (χ1n) is 3.39. The van der Waals surface area contributed by atoms with Crippen LogP contribution in [0.5, 0.6) is 0 Å². The second-order valence-electron chi connectivity index (χ2n) is 2.42. The lowest BCUT2D eigenvalue weighted by atomic mass is 10.1. The number of carboxylic acids is 1. The first-order valence-corrected chi connectivity index (χ1v) is 3.76. The Morgan fingerprint density at radius 2 is 2.31 bits per heavy atom. The highest BCUT2D eigenvalue weighted by molar-refractivity contribution is 6.30. The van der Waals surface area contributed by atoms with Crippen molar-refractivity contribution in [3.63, 3.8) is 0 Å². The van der Waals surface area contributed by atoms with Gasteiger partial charge in [0.15, 0.2) is 0 Å². The maximum Gasteiger partial charge on any atom is 0.325 e. The minimum Gasteiger partial charge on any atom is -0.480 e. The van der Waals surface area contributed by atoms with Crippen LogP contribution in [0.2, 0.25) is 5.02 Å². The van der Waals surface area contributed by atoms with E-state index in [0.29, 0.717) is 0 Å². The number of hydrogen-bond donors (Lipinski definition) is 3. The van der Waals surface area contributed by atoms with Crippen molar-refractivity contribution in [2.24, 2.45) is 5.73 Å². The minimum atomic E-state index is -1.34. The summed E-state index contributed by atoms with van der Waals surface area (Å²) in [6, 6.07) is -0.110. The molecule has 0 aliphatic rings. The molecule has 0 saturated carbocycles. The number of aliphatic carboxylic acids is 1. The summed E-state index contributed by atoms with van der Waals surface area (Å²) < 4.78 is 0. The molecule has 6 heteroatoms. The number of hydrogen-bond acceptors (Lipinski definition) is 3. The standard InChI is InChI=1S/C7H7ClN2O3/c8-3-1-4(5(9)7(12)13)6(11)10-2-3/h1-2,5H,9H2,(H,10,11)(H,12,13)/t5-/m0/s1. The number of rotatable bonds is 2. The van der Waals surface area contributed by atoms with Gasteiger partial charge in [-0.1, -0.05) is 11.6 Å². The first kappa shape index (κ1) is 9.76. The third kappa shape index (κ3) is 2.07. The second kappa shape index (κ2) is 3.59. The van der Waals surface area contributed by atoms with Crippen LogP contribution in [0.15, 0.2) is 17.1 Å². The molecule has 0 spiro atoms. The molecule has 0 aromatic carbocycles. The number of carboxylic acid groups (broad SMARTS) is 1. The monoisotopic (exact) mass is 202 g/mol. The SMILES string of the molecule is N[C@H](C(=O)O)c1cc(Cl)c[nH]c1=O. The average molecular weight is 203 g/mol. The molecule has 1 atom stereocenters. The number of H-pyrrole nitrogens is 1. The van der Waals surface area contributed by atoms with Gasteiger partial charge in [0.1, 0.15) is 6.04 Å². The third-order valence-electron chi connectivity index (χ3n) is 1.50. The average Bonchev–Trinajstić information content (AvgIpc) is 2.08. The molecule has 0 amide bonds. The molecule has 13 heavy (non-hydrogen) atoms. The van der Waals surface area contributed by atoms with Gasteiger partial charge in [0, 0.05) is 11.8 Å². The number of aromatic amines is 1. The summed E-state index contributed by atoms with van der Waals surface area (Å²) in [5.41, 5.74) is 4.63. The van der Waals surface area contributed by atoms with Crippen LogP contribution in [0.1, 0.15) is 11.6 Å². The molecule has 0 radical (unpaired) electrons. The molecule has 1 rings (SSSR count). The van der Waals surface area contributed by atoms with Gasteiger partial charge in [0.25, 0.3) is 5.56 Å². The van der Waals surface area contributed by atoms with E-state index in [1.54, 1.807) is 0 Å². The van der Waals surface area contributed by atoms with E-state index in [-0.39, 0.29) is 10.6 Å². The van der Waals surface area contributed by atoms with Gasteiger partial charge in [0.05, 0.1) is 5.02 Å². The maximum absolute atomic E-state index is 11.1. The van der Waals surface area contributed by atoms with Crippen LogP contribution in [0.4, 0.5) is 0 Å². The Hall–Kier alpha value is -1.33. The lowest BCUT2D eigenvalue weighted by Gasteiger charge is -2.04. The summed E-state index contributed by atoms with van der Waals surface area (Å²) in [7, 11) is 0. The van der Waals surface area contributed by atoms with Crippen molar-refractivity contribution in [2.75, 3.05) is 0 Å². The van der Waals surface area contributed by atoms with E-state index in [2.05, 4.69) is 4.98 Å². The van der Waals surface area contributed by atoms with Crippen LogP contribution in [-0.4, -0.2) is 16.1 Å². The van der Waals surface area contributed by atoms with E-state index in [1.807, 2.05) is 0 Å². The fourth-order valence-corrected chi connectivity index (χ4v) is 1.01. The molecule has 5 nitrogen and oxygen atoms in total. The normalized spacial score (nSPS) is 12.5. The number of nitrogens with one attached hydrogen (secondary N) is 1. The van der Waals surface area contributed by atoms with Crippen LogP contribution >= 0.6 is 11.6 Å². The van der Waals surface area contributed by atoms with Crippen molar-refractivity contribution in [2.45, 2.75) is 6.04 Å². The predicted octanol–water partition coefficient (Wildman–Crippen LogP) is 0.113. The van der Waals surface area contributed by atoms with E-state index in [4.69, 9.17) is 22.4 Å². The second-order valence-corrected chi connectivity index (χ2v) is 2.85. The zero-order chi connectivity index (χ0) is 10.0. The Morgan fingerprint density at radius 1 is 1.69 bits per heavy atom. The predicted molar refractivity (Wildman–Crippen MR) is 46.6 cm³/mol. The highest BCUT2D eigenvalue weighted by Gasteiger charge is 2.17. The minimum absolute atomic E-state index is 0.0556. The Bertz CT molecular complexity index is 388. The van der Waals surface area contributed by atoms with Crippen molar-refractivity contribution in [3.05, 3.63) is 33.2 Å². The first-order chi connectivity index (χ1) is 6.02. The molecule has 0 aliphatic heterocycles. The van der Waals surface area contributed by atoms with Gasteiger partial charge in [-0.2, -0.15) is 0 Å². The van der Waals surface area contributed by atoms with Crippen molar-refractivity contribution in [1.29, 1.82) is 0 Å². The van der Waals surface area contributed by atoms with Crippen LogP contribution < -0.4 is 11.3 Å². The van der Waals surface area contributed by atoms with Crippen molar-refractivity contribution < 1.29 is 9.90 Å². The highest BCUT2D eigenvalue weighted by atomic mass is 35.5. The summed E-state index contributed by atoms with van der Waals surface area (Å²) >= 11 is 5.55. The van der Waals surface area contributed by atoms with Crippen LogP contribution in [0, 0.1) is 0 Å². The molecule has 1 aromatic heterocycles. The van der Waals surface area contributed by atoms with Crippen molar-refractivity contribution in [3.8, 4) is 0 Å². The third-order valence-corrected chi connectivity index (χ3v) is 1.72. The van der Waals surface area contributed by atoms with Crippen LogP contribution in [0.3, 0.4) is 0 Å². The zero-order valence-electron chi connectivity index (χ0n) is 6.45. The molecule has 4 N–H and O–H groups in total. The fraction of sp³-hybridized carbons (Fsp3) is 0.143. The van der Waals surface area contributed by atoms with Gasteiger partial charge < -0.3 is 15.8 Å². The summed E-state index contributed by atoms with van der Waals surface area (Å²) in [4.78, 5) is 23.8. The lowest BCUT2D eigenvalue weighted by molar-refractivity contribution is -0.138. The highest BCUT2D eigenvalue weighted by Crippen LogP contribution is 2.10. The molecule has 0 bridgehead atoms. The van der Waals surface area contributed by atoms with E-state index >= 15 is 0 Å². The Morgan fingerprint density at radius 3 is 2.85 bits per heavy atom. The smallest absolute Gasteiger partial charge is 0.325 e. The number of nitrogens with two attached hydrogens (primary N) is 1. The molecule has 0 saturated heterocycles. The topological polar surface area (TPSA) is 96.2 Å². The van der Waals surface area contributed by atoms with Gasteiger partial charge in [-0.15, -0.1) is 0 Å². The molecular weight excluding hydrogens is 196 g/mol. The van der Waals surface area contributed by atoms with Crippen LogP contribution in [-0.2, 0) is 4.79 Å².